The molecule has 6 heteroatoms. The van der Waals surface area contributed by atoms with E-state index in [0.29, 0.717) is 29.2 Å². The molecule has 35 heavy (non-hydrogen) atoms. The molecule has 0 amide bonds. The minimum Gasteiger partial charge on any atom is -0.494 e. The summed E-state index contributed by atoms with van der Waals surface area (Å²) in [7, 11) is 1.60. The molecule has 3 heterocycles. The first-order valence-electron chi connectivity index (χ1n) is 11.4. The van der Waals surface area contributed by atoms with Gasteiger partial charge in [0.1, 0.15) is 11.4 Å². The highest BCUT2D eigenvalue weighted by molar-refractivity contribution is 5.96. The van der Waals surface area contributed by atoms with Crippen molar-refractivity contribution in [3.05, 3.63) is 114 Å². The molecule has 1 N–H and O–H groups in total. The number of pyridine rings is 3. The van der Waals surface area contributed by atoms with Crippen molar-refractivity contribution in [2.75, 3.05) is 13.7 Å². The second-order valence-electron chi connectivity index (χ2n) is 8.10. The number of hydrogen-bond acceptors (Lipinski definition) is 6. The Bertz CT molecular complexity index is 1420. The van der Waals surface area contributed by atoms with E-state index in [9.17, 15) is 5.11 Å². The Labute approximate surface area is 203 Å². The van der Waals surface area contributed by atoms with Crippen LogP contribution in [-0.2, 0) is 5.60 Å². The van der Waals surface area contributed by atoms with Crippen molar-refractivity contribution in [3.63, 3.8) is 0 Å². The van der Waals surface area contributed by atoms with Crippen molar-refractivity contribution in [1.82, 2.24) is 15.0 Å². The zero-order valence-corrected chi connectivity index (χ0v) is 19.6. The van der Waals surface area contributed by atoms with E-state index in [-0.39, 0.29) is 0 Å². The monoisotopic (exact) mass is 463 g/mol. The van der Waals surface area contributed by atoms with Gasteiger partial charge in [0.2, 0.25) is 5.88 Å². The molecule has 0 saturated carbocycles. The van der Waals surface area contributed by atoms with Crippen LogP contribution in [0.3, 0.4) is 0 Å². The lowest BCUT2D eigenvalue weighted by Crippen LogP contribution is -2.29. The van der Waals surface area contributed by atoms with E-state index in [4.69, 9.17) is 9.47 Å². The van der Waals surface area contributed by atoms with Gasteiger partial charge in [0.25, 0.3) is 0 Å². The van der Waals surface area contributed by atoms with Gasteiger partial charge in [-0.15, -0.1) is 0 Å². The number of methoxy groups -OCH3 is 1. The summed E-state index contributed by atoms with van der Waals surface area (Å²) in [6, 6.07) is 22.9. The van der Waals surface area contributed by atoms with Gasteiger partial charge in [-0.1, -0.05) is 30.3 Å². The van der Waals surface area contributed by atoms with Gasteiger partial charge in [0.15, 0.2) is 0 Å². The smallest absolute Gasteiger partial charge is 0.214 e. The Balaban J connectivity index is 1.77. The quantitative estimate of drug-likeness (QED) is 0.349. The number of aliphatic hydroxyl groups is 1. The van der Waals surface area contributed by atoms with Crippen LogP contribution in [0.5, 0.6) is 11.6 Å². The minimum atomic E-state index is -1.46. The number of ether oxygens (including phenoxy) is 2. The van der Waals surface area contributed by atoms with Crippen LogP contribution in [0.15, 0.2) is 97.6 Å². The molecule has 0 fully saturated rings. The molecule has 5 aromatic rings. The number of hydrogen-bond donors (Lipinski definition) is 1. The van der Waals surface area contributed by atoms with Crippen LogP contribution in [0.2, 0.25) is 0 Å². The zero-order chi connectivity index (χ0) is 24.3. The number of fused-ring (bicyclic) bond motifs is 1. The molecule has 174 valence electrons. The van der Waals surface area contributed by atoms with E-state index in [1.165, 1.54) is 0 Å². The normalized spacial score (nSPS) is 11.4. The molecule has 2 aromatic carbocycles. The highest BCUT2D eigenvalue weighted by Crippen LogP contribution is 2.40. The van der Waals surface area contributed by atoms with Crippen molar-refractivity contribution in [3.8, 4) is 22.8 Å². The van der Waals surface area contributed by atoms with E-state index in [1.54, 1.807) is 31.9 Å². The summed E-state index contributed by atoms with van der Waals surface area (Å²) in [6.45, 7) is 2.54. The summed E-state index contributed by atoms with van der Waals surface area (Å²) in [4.78, 5) is 13.2. The molecule has 6 nitrogen and oxygen atoms in total. The van der Waals surface area contributed by atoms with Crippen LogP contribution in [-0.4, -0.2) is 33.8 Å². The number of benzene rings is 2. The largest absolute Gasteiger partial charge is 0.494 e. The lowest BCUT2D eigenvalue weighted by Gasteiger charge is -2.29. The fourth-order valence-electron chi connectivity index (χ4n) is 4.34. The van der Waals surface area contributed by atoms with Crippen LogP contribution in [0.1, 0.15) is 23.6 Å². The van der Waals surface area contributed by atoms with Gasteiger partial charge in [-0.25, -0.2) is 4.98 Å². The van der Waals surface area contributed by atoms with E-state index >= 15 is 0 Å². The lowest BCUT2D eigenvalue weighted by molar-refractivity contribution is 0.125. The molecule has 0 aliphatic heterocycles. The lowest BCUT2D eigenvalue weighted by atomic mass is 9.81. The molecule has 0 aliphatic carbocycles. The van der Waals surface area contributed by atoms with Gasteiger partial charge in [-0.05, 0) is 60.0 Å². The maximum Gasteiger partial charge on any atom is 0.214 e. The summed E-state index contributed by atoms with van der Waals surface area (Å²) >= 11 is 0. The average molecular weight is 464 g/mol. The van der Waals surface area contributed by atoms with Crippen molar-refractivity contribution in [2.45, 2.75) is 12.5 Å². The predicted octanol–water partition coefficient (Wildman–Crippen LogP) is 5.38. The number of aromatic nitrogens is 3. The molecule has 0 bridgehead atoms. The van der Waals surface area contributed by atoms with Crippen LogP contribution in [0, 0.1) is 0 Å². The standard InChI is InChI=1S/C29H25N3O3/c1-3-35-24-10-4-7-20(15-24)25-17-28(34-2)32-27-12-11-21(16-26(25)27)29(33,22-8-5-13-30-18-22)23-9-6-14-31-19-23/h4-19,33H,3H2,1-2H3. The highest BCUT2D eigenvalue weighted by atomic mass is 16.5. The van der Waals surface area contributed by atoms with E-state index < -0.39 is 5.60 Å². The topological polar surface area (TPSA) is 77.4 Å². The summed E-state index contributed by atoms with van der Waals surface area (Å²) in [6.07, 6.45) is 6.73. The van der Waals surface area contributed by atoms with Gasteiger partial charge in [0.05, 0.1) is 19.2 Å². The zero-order valence-electron chi connectivity index (χ0n) is 19.6. The van der Waals surface area contributed by atoms with Gasteiger partial charge in [-0.2, -0.15) is 0 Å². The molecule has 0 aliphatic rings. The molecule has 0 radical (unpaired) electrons. The van der Waals surface area contributed by atoms with Crippen molar-refractivity contribution < 1.29 is 14.6 Å². The minimum absolute atomic E-state index is 0.511. The first-order chi connectivity index (χ1) is 17.1. The molecule has 0 atom stereocenters. The van der Waals surface area contributed by atoms with Crippen LogP contribution >= 0.6 is 0 Å². The average Bonchev–Trinajstić information content (AvgIpc) is 2.93. The van der Waals surface area contributed by atoms with Gasteiger partial charge < -0.3 is 14.6 Å². The Morgan fingerprint density at radius 3 is 2.20 bits per heavy atom. The van der Waals surface area contributed by atoms with E-state index in [0.717, 1.165) is 27.8 Å². The Hall–Kier alpha value is -4.29. The van der Waals surface area contributed by atoms with Crippen molar-refractivity contribution in [2.24, 2.45) is 0 Å². The van der Waals surface area contributed by atoms with E-state index in [1.807, 2.05) is 79.7 Å². The van der Waals surface area contributed by atoms with Gasteiger partial charge in [-0.3, -0.25) is 9.97 Å². The molecule has 3 aromatic heterocycles. The second kappa shape index (κ2) is 9.52. The fourth-order valence-corrected chi connectivity index (χ4v) is 4.34. The van der Waals surface area contributed by atoms with E-state index in [2.05, 4.69) is 15.0 Å². The summed E-state index contributed by atoms with van der Waals surface area (Å²) < 4.78 is 11.2. The molecular formula is C29H25N3O3. The Morgan fingerprint density at radius 2 is 1.57 bits per heavy atom. The van der Waals surface area contributed by atoms with Gasteiger partial charge >= 0.3 is 0 Å². The third kappa shape index (κ3) is 4.20. The molecule has 0 unspecified atom stereocenters. The number of nitrogens with zero attached hydrogens (tertiary/aromatic N) is 3. The highest BCUT2D eigenvalue weighted by Gasteiger charge is 2.35. The van der Waals surface area contributed by atoms with Crippen LogP contribution in [0.25, 0.3) is 22.0 Å². The molecule has 0 saturated heterocycles. The number of rotatable bonds is 7. The SMILES string of the molecule is CCOc1cccc(-c2cc(OC)nc3ccc(C(O)(c4cccnc4)c4cccnc4)cc23)c1. The third-order valence-corrected chi connectivity index (χ3v) is 6.03. The molecule has 5 rings (SSSR count). The maximum absolute atomic E-state index is 12.2. The van der Waals surface area contributed by atoms with Crippen LogP contribution < -0.4 is 9.47 Å². The Kier molecular flexibility index (Phi) is 6.12. The first-order valence-corrected chi connectivity index (χ1v) is 11.4. The fraction of sp³-hybridized carbons (Fsp3) is 0.138. The van der Waals surface area contributed by atoms with Gasteiger partial charge in [0, 0.05) is 47.4 Å². The van der Waals surface area contributed by atoms with Crippen molar-refractivity contribution >= 4 is 10.9 Å². The summed E-state index contributed by atoms with van der Waals surface area (Å²) in [5.41, 5.74) is 3.16. The summed E-state index contributed by atoms with van der Waals surface area (Å²) in [5.74, 6) is 1.30. The second-order valence-corrected chi connectivity index (χ2v) is 8.10. The molecular weight excluding hydrogens is 438 g/mol. The summed E-state index contributed by atoms with van der Waals surface area (Å²) in [5, 5.41) is 13.1. The maximum atomic E-state index is 12.2. The predicted molar refractivity (Wildman–Crippen MR) is 135 cm³/mol. The first kappa shape index (κ1) is 22.5. The van der Waals surface area contributed by atoms with Crippen LogP contribution in [0.4, 0.5) is 0 Å². The third-order valence-electron chi connectivity index (χ3n) is 6.03. The van der Waals surface area contributed by atoms with Crippen molar-refractivity contribution in [1.29, 1.82) is 0 Å². The Morgan fingerprint density at radius 1 is 0.829 bits per heavy atom. The molecule has 0 spiro atoms.